The van der Waals surface area contributed by atoms with Crippen molar-refractivity contribution < 1.29 is 9.47 Å². The Morgan fingerprint density at radius 2 is 2.12 bits per heavy atom. The van der Waals surface area contributed by atoms with E-state index in [2.05, 4.69) is 9.88 Å². The van der Waals surface area contributed by atoms with Crippen molar-refractivity contribution in [3.8, 4) is 5.75 Å². The molecule has 6 heteroatoms. The fourth-order valence-electron chi connectivity index (χ4n) is 3.58. The maximum absolute atomic E-state index is 12.7. The SMILES string of the molecule is CCOC1CCN(c2nc3c(c(=O)[nH]2)Cc2ccccc2OC3)CC1. The predicted octanol–water partition coefficient (Wildman–Crippen LogP) is 2.26. The topological polar surface area (TPSA) is 67.5 Å². The molecule has 4 rings (SSSR count). The molecule has 1 aromatic carbocycles. The van der Waals surface area contributed by atoms with Gasteiger partial charge in [0, 0.05) is 31.7 Å². The molecular formula is C19H23N3O3. The van der Waals surface area contributed by atoms with Crippen LogP contribution >= 0.6 is 0 Å². The first-order valence-corrected chi connectivity index (χ1v) is 8.94. The summed E-state index contributed by atoms with van der Waals surface area (Å²) in [6, 6.07) is 7.84. The van der Waals surface area contributed by atoms with Crippen LogP contribution in [0.5, 0.6) is 5.75 Å². The van der Waals surface area contributed by atoms with Gasteiger partial charge in [-0.2, -0.15) is 0 Å². The first-order chi connectivity index (χ1) is 12.2. The van der Waals surface area contributed by atoms with Gasteiger partial charge in [0.05, 0.1) is 11.8 Å². The van der Waals surface area contributed by atoms with E-state index in [1.807, 2.05) is 31.2 Å². The number of benzene rings is 1. The third-order valence-corrected chi connectivity index (χ3v) is 4.94. The van der Waals surface area contributed by atoms with Crippen LogP contribution in [0.2, 0.25) is 0 Å². The maximum atomic E-state index is 12.7. The molecule has 0 amide bonds. The number of rotatable bonds is 3. The van der Waals surface area contributed by atoms with Crippen LogP contribution in [0.25, 0.3) is 0 Å². The Morgan fingerprint density at radius 1 is 1.32 bits per heavy atom. The zero-order valence-corrected chi connectivity index (χ0v) is 14.5. The Bertz CT molecular complexity index is 810. The van der Waals surface area contributed by atoms with Crippen LogP contribution in [0, 0.1) is 0 Å². The molecule has 1 aromatic heterocycles. The molecule has 0 aliphatic carbocycles. The molecule has 6 nitrogen and oxygen atoms in total. The van der Waals surface area contributed by atoms with Crippen molar-refractivity contribution in [3.05, 3.63) is 51.4 Å². The summed E-state index contributed by atoms with van der Waals surface area (Å²) in [5, 5.41) is 0. The number of aromatic amines is 1. The number of hydrogen-bond donors (Lipinski definition) is 1. The van der Waals surface area contributed by atoms with Crippen molar-refractivity contribution in [2.45, 2.75) is 38.9 Å². The fourth-order valence-corrected chi connectivity index (χ4v) is 3.58. The monoisotopic (exact) mass is 341 g/mol. The van der Waals surface area contributed by atoms with Gasteiger partial charge in [-0.3, -0.25) is 9.78 Å². The summed E-state index contributed by atoms with van der Waals surface area (Å²) in [5.74, 6) is 1.48. The highest BCUT2D eigenvalue weighted by atomic mass is 16.5. The highest BCUT2D eigenvalue weighted by molar-refractivity contribution is 5.42. The number of anilines is 1. The molecule has 0 unspecified atom stereocenters. The second kappa shape index (κ2) is 6.88. The van der Waals surface area contributed by atoms with Crippen molar-refractivity contribution in [1.29, 1.82) is 0 Å². The average Bonchev–Trinajstić information content (AvgIpc) is 2.83. The minimum Gasteiger partial charge on any atom is -0.487 e. The second-order valence-corrected chi connectivity index (χ2v) is 6.53. The largest absolute Gasteiger partial charge is 0.487 e. The summed E-state index contributed by atoms with van der Waals surface area (Å²) in [5.41, 5.74) is 2.41. The summed E-state index contributed by atoms with van der Waals surface area (Å²) < 4.78 is 11.6. The number of fused-ring (bicyclic) bond motifs is 2. The molecule has 2 aliphatic rings. The number of H-pyrrole nitrogens is 1. The predicted molar refractivity (Wildman–Crippen MR) is 95.3 cm³/mol. The van der Waals surface area contributed by atoms with Gasteiger partial charge in [0.25, 0.3) is 5.56 Å². The van der Waals surface area contributed by atoms with Crippen LogP contribution in [0.1, 0.15) is 36.6 Å². The molecule has 1 saturated heterocycles. The average molecular weight is 341 g/mol. The lowest BCUT2D eigenvalue weighted by Crippen LogP contribution is -2.39. The van der Waals surface area contributed by atoms with E-state index < -0.39 is 0 Å². The van der Waals surface area contributed by atoms with Gasteiger partial charge in [0.1, 0.15) is 12.4 Å². The lowest BCUT2D eigenvalue weighted by atomic mass is 10.0. The minimum atomic E-state index is -0.0627. The highest BCUT2D eigenvalue weighted by Gasteiger charge is 2.24. The lowest BCUT2D eigenvalue weighted by Gasteiger charge is -2.32. The van der Waals surface area contributed by atoms with E-state index in [0.29, 0.717) is 30.6 Å². The first-order valence-electron chi connectivity index (χ1n) is 8.94. The molecule has 3 heterocycles. The van der Waals surface area contributed by atoms with Gasteiger partial charge in [-0.05, 0) is 31.4 Å². The van der Waals surface area contributed by atoms with Crippen LogP contribution in [-0.2, 0) is 17.8 Å². The Labute approximate surface area is 146 Å². The fraction of sp³-hybridized carbons (Fsp3) is 0.474. The molecule has 0 radical (unpaired) electrons. The zero-order valence-electron chi connectivity index (χ0n) is 14.5. The smallest absolute Gasteiger partial charge is 0.256 e. The number of nitrogens with zero attached hydrogens (tertiary/aromatic N) is 2. The summed E-state index contributed by atoms with van der Waals surface area (Å²) in [4.78, 5) is 22.5. The van der Waals surface area contributed by atoms with Gasteiger partial charge in [0.2, 0.25) is 5.95 Å². The summed E-state index contributed by atoms with van der Waals surface area (Å²) in [6.45, 7) is 4.78. The van der Waals surface area contributed by atoms with E-state index in [9.17, 15) is 4.79 Å². The van der Waals surface area contributed by atoms with Gasteiger partial charge < -0.3 is 14.4 Å². The van der Waals surface area contributed by atoms with E-state index in [1.165, 1.54) is 0 Å². The van der Waals surface area contributed by atoms with Crippen molar-refractivity contribution in [2.75, 3.05) is 24.6 Å². The summed E-state index contributed by atoms with van der Waals surface area (Å²) >= 11 is 0. The van der Waals surface area contributed by atoms with Crippen molar-refractivity contribution in [1.82, 2.24) is 9.97 Å². The third kappa shape index (κ3) is 3.26. The van der Waals surface area contributed by atoms with E-state index >= 15 is 0 Å². The van der Waals surface area contributed by atoms with E-state index in [1.54, 1.807) is 0 Å². The third-order valence-electron chi connectivity index (χ3n) is 4.94. The Hall–Kier alpha value is -2.34. The molecule has 0 spiro atoms. The van der Waals surface area contributed by atoms with E-state index in [4.69, 9.17) is 14.5 Å². The molecule has 0 bridgehead atoms. The van der Waals surface area contributed by atoms with Gasteiger partial charge in [-0.15, -0.1) is 0 Å². The summed E-state index contributed by atoms with van der Waals surface area (Å²) in [7, 11) is 0. The van der Waals surface area contributed by atoms with Crippen LogP contribution < -0.4 is 15.2 Å². The molecule has 1 fully saturated rings. The maximum Gasteiger partial charge on any atom is 0.256 e. The molecule has 0 saturated carbocycles. The Kier molecular flexibility index (Phi) is 4.44. The number of hydrogen-bond acceptors (Lipinski definition) is 5. The molecule has 2 aliphatic heterocycles. The quantitative estimate of drug-likeness (QED) is 0.927. The van der Waals surface area contributed by atoms with E-state index in [0.717, 1.165) is 49.5 Å². The van der Waals surface area contributed by atoms with Crippen LogP contribution in [0.4, 0.5) is 5.95 Å². The number of piperidine rings is 1. The highest BCUT2D eigenvalue weighted by Crippen LogP contribution is 2.27. The van der Waals surface area contributed by atoms with Crippen molar-refractivity contribution in [2.24, 2.45) is 0 Å². The molecular weight excluding hydrogens is 318 g/mol. The molecule has 2 aromatic rings. The van der Waals surface area contributed by atoms with Gasteiger partial charge in [0.15, 0.2) is 0 Å². The van der Waals surface area contributed by atoms with E-state index in [-0.39, 0.29) is 5.56 Å². The van der Waals surface area contributed by atoms with Gasteiger partial charge in [-0.25, -0.2) is 4.98 Å². The van der Waals surface area contributed by atoms with Crippen molar-refractivity contribution in [3.63, 3.8) is 0 Å². The van der Waals surface area contributed by atoms with Crippen LogP contribution in [0.15, 0.2) is 29.1 Å². The zero-order chi connectivity index (χ0) is 17.2. The number of para-hydroxylation sites is 1. The molecule has 1 N–H and O–H groups in total. The number of nitrogens with one attached hydrogen (secondary N) is 1. The minimum absolute atomic E-state index is 0.0627. The Morgan fingerprint density at radius 3 is 2.92 bits per heavy atom. The Balaban J connectivity index is 1.58. The second-order valence-electron chi connectivity index (χ2n) is 6.53. The van der Waals surface area contributed by atoms with Crippen LogP contribution in [-0.4, -0.2) is 35.8 Å². The van der Waals surface area contributed by atoms with Crippen LogP contribution in [0.3, 0.4) is 0 Å². The molecule has 132 valence electrons. The standard InChI is InChI=1S/C19H23N3O3/c1-2-24-14-7-9-22(10-8-14)19-20-16-12-25-17-6-4-3-5-13(17)11-15(16)18(23)21-19/h3-6,14H,2,7-12H2,1H3,(H,20,21,23). The number of aromatic nitrogens is 2. The van der Waals surface area contributed by atoms with Crippen molar-refractivity contribution >= 4 is 5.95 Å². The summed E-state index contributed by atoms with van der Waals surface area (Å²) in [6.07, 6.45) is 2.78. The molecule has 0 atom stereocenters. The molecule has 25 heavy (non-hydrogen) atoms. The first kappa shape index (κ1) is 16.1. The lowest BCUT2D eigenvalue weighted by molar-refractivity contribution is 0.0457. The van der Waals surface area contributed by atoms with Gasteiger partial charge >= 0.3 is 0 Å². The normalized spacial score (nSPS) is 17.4. The van der Waals surface area contributed by atoms with Gasteiger partial charge in [-0.1, -0.05) is 18.2 Å². The number of ether oxygens (including phenoxy) is 2.